The molecule has 1 heterocycles. The zero-order chi connectivity index (χ0) is 11.4. The van der Waals surface area contributed by atoms with Crippen LogP contribution in [-0.4, -0.2) is 30.1 Å². The van der Waals surface area contributed by atoms with E-state index in [1.807, 2.05) is 0 Å². The molecule has 16 heavy (non-hydrogen) atoms. The van der Waals surface area contributed by atoms with Gasteiger partial charge in [0.2, 0.25) is 0 Å². The van der Waals surface area contributed by atoms with Crippen molar-refractivity contribution in [1.29, 1.82) is 0 Å². The van der Waals surface area contributed by atoms with E-state index in [1.165, 1.54) is 25.1 Å². The minimum absolute atomic E-state index is 0.599. The topological polar surface area (TPSA) is 15.3 Å². The van der Waals surface area contributed by atoms with Crippen LogP contribution >= 0.6 is 0 Å². The van der Waals surface area contributed by atoms with Crippen LogP contribution in [0, 0.1) is 0 Å². The van der Waals surface area contributed by atoms with Gasteiger partial charge < -0.3 is 5.32 Å². The summed E-state index contributed by atoms with van der Waals surface area (Å²) in [5.74, 6) is 0. The zero-order valence-corrected chi connectivity index (χ0v) is 10.3. The average Bonchev–Trinajstić information content (AvgIpc) is 2.66. The first kappa shape index (κ1) is 11.6. The van der Waals surface area contributed by atoms with Gasteiger partial charge >= 0.3 is 0 Å². The van der Waals surface area contributed by atoms with Gasteiger partial charge in [-0.3, -0.25) is 4.90 Å². The third kappa shape index (κ3) is 3.32. The van der Waals surface area contributed by atoms with E-state index in [-0.39, 0.29) is 0 Å². The molecule has 2 heteroatoms. The number of rotatable bonds is 4. The summed E-state index contributed by atoms with van der Waals surface area (Å²) in [6.07, 6.45) is 1.28. The largest absolute Gasteiger partial charge is 0.310 e. The van der Waals surface area contributed by atoms with E-state index < -0.39 is 0 Å². The van der Waals surface area contributed by atoms with Crippen LogP contribution in [0.1, 0.15) is 25.8 Å². The van der Waals surface area contributed by atoms with Crippen LogP contribution < -0.4 is 5.32 Å². The minimum atomic E-state index is 0.599. The molecule has 1 aliphatic heterocycles. The van der Waals surface area contributed by atoms with Crippen LogP contribution in [0.3, 0.4) is 0 Å². The lowest BCUT2D eigenvalue weighted by Gasteiger charge is -2.18. The average molecular weight is 218 g/mol. The Morgan fingerprint density at radius 3 is 2.75 bits per heavy atom. The summed E-state index contributed by atoms with van der Waals surface area (Å²) < 4.78 is 0. The van der Waals surface area contributed by atoms with Crippen molar-refractivity contribution in [2.45, 2.75) is 38.9 Å². The number of hydrogen-bond donors (Lipinski definition) is 1. The molecule has 0 amide bonds. The van der Waals surface area contributed by atoms with Gasteiger partial charge in [-0.1, -0.05) is 44.2 Å². The van der Waals surface area contributed by atoms with Crippen molar-refractivity contribution < 1.29 is 0 Å². The van der Waals surface area contributed by atoms with Gasteiger partial charge in [0, 0.05) is 31.7 Å². The quantitative estimate of drug-likeness (QED) is 0.834. The predicted octanol–water partition coefficient (Wildman–Crippen LogP) is 2.26. The van der Waals surface area contributed by atoms with Gasteiger partial charge in [-0.25, -0.2) is 0 Å². The Bertz CT molecular complexity index is 308. The van der Waals surface area contributed by atoms with Crippen LogP contribution in [0.15, 0.2) is 30.3 Å². The number of hydrogen-bond acceptors (Lipinski definition) is 2. The minimum Gasteiger partial charge on any atom is -0.310 e. The highest BCUT2D eigenvalue weighted by Crippen LogP contribution is 2.13. The zero-order valence-electron chi connectivity index (χ0n) is 10.3. The predicted molar refractivity (Wildman–Crippen MR) is 68.4 cm³/mol. The van der Waals surface area contributed by atoms with Crippen molar-refractivity contribution in [1.82, 2.24) is 10.2 Å². The second-order valence-electron chi connectivity index (χ2n) is 5.03. The maximum absolute atomic E-state index is 3.62. The standard InChI is InChI=1S/C14H22N2/c1-12(2)15-14-8-9-16(11-14)10-13-6-4-3-5-7-13/h3-7,12,14-15H,8-11H2,1-2H3. The van der Waals surface area contributed by atoms with Crippen molar-refractivity contribution in [3.63, 3.8) is 0 Å². The van der Waals surface area contributed by atoms with Gasteiger partial charge in [-0.2, -0.15) is 0 Å². The monoisotopic (exact) mass is 218 g/mol. The molecule has 1 fully saturated rings. The molecule has 1 aromatic rings. The summed E-state index contributed by atoms with van der Waals surface area (Å²) in [5.41, 5.74) is 1.42. The van der Waals surface area contributed by atoms with Crippen molar-refractivity contribution in [3.8, 4) is 0 Å². The Kier molecular flexibility index (Phi) is 3.97. The lowest BCUT2D eigenvalue weighted by atomic mass is 10.2. The molecule has 1 atom stereocenters. The Balaban J connectivity index is 1.81. The highest BCUT2D eigenvalue weighted by atomic mass is 15.2. The third-order valence-corrected chi connectivity index (χ3v) is 3.09. The SMILES string of the molecule is CC(C)NC1CCN(Cc2ccccc2)C1. The first-order valence-electron chi connectivity index (χ1n) is 6.26. The fourth-order valence-electron chi connectivity index (χ4n) is 2.43. The molecule has 2 nitrogen and oxygen atoms in total. The maximum Gasteiger partial charge on any atom is 0.0234 e. The molecule has 0 saturated carbocycles. The van der Waals surface area contributed by atoms with E-state index >= 15 is 0 Å². The molecule has 0 aromatic heterocycles. The van der Waals surface area contributed by atoms with E-state index in [9.17, 15) is 0 Å². The first-order valence-corrected chi connectivity index (χ1v) is 6.26. The number of benzene rings is 1. The second-order valence-corrected chi connectivity index (χ2v) is 5.03. The molecule has 0 aliphatic carbocycles. The second kappa shape index (κ2) is 5.46. The van der Waals surface area contributed by atoms with Gasteiger partial charge in [-0.05, 0) is 12.0 Å². The fourth-order valence-corrected chi connectivity index (χ4v) is 2.43. The molecule has 1 aromatic carbocycles. The summed E-state index contributed by atoms with van der Waals surface area (Å²) in [5, 5.41) is 3.62. The normalized spacial score (nSPS) is 21.8. The molecular formula is C14H22N2. The van der Waals surface area contributed by atoms with Crippen LogP contribution in [0.4, 0.5) is 0 Å². The molecule has 88 valence electrons. The molecule has 1 aliphatic rings. The van der Waals surface area contributed by atoms with Gasteiger partial charge in [0.15, 0.2) is 0 Å². The van der Waals surface area contributed by atoms with Gasteiger partial charge in [0.05, 0.1) is 0 Å². The Morgan fingerprint density at radius 2 is 2.06 bits per heavy atom. The van der Waals surface area contributed by atoms with Crippen molar-refractivity contribution in [3.05, 3.63) is 35.9 Å². The number of likely N-dealkylation sites (tertiary alicyclic amines) is 1. The third-order valence-electron chi connectivity index (χ3n) is 3.09. The van der Waals surface area contributed by atoms with Gasteiger partial charge in [0.25, 0.3) is 0 Å². The van der Waals surface area contributed by atoms with Crippen molar-refractivity contribution in [2.75, 3.05) is 13.1 Å². The Labute approximate surface area is 98.7 Å². The Hall–Kier alpha value is -0.860. The highest BCUT2D eigenvalue weighted by molar-refractivity contribution is 5.14. The van der Waals surface area contributed by atoms with Crippen LogP contribution in [-0.2, 0) is 6.54 Å². The number of nitrogens with zero attached hydrogens (tertiary/aromatic N) is 1. The number of nitrogens with one attached hydrogen (secondary N) is 1. The van der Waals surface area contributed by atoms with Crippen molar-refractivity contribution in [2.24, 2.45) is 0 Å². The van der Waals surface area contributed by atoms with Gasteiger partial charge in [0.1, 0.15) is 0 Å². The molecule has 1 saturated heterocycles. The summed E-state index contributed by atoms with van der Waals surface area (Å²) in [4.78, 5) is 2.54. The summed E-state index contributed by atoms with van der Waals surface area (Å²) in [6.45, 7) is 7.95. The van der Waals surface area contributed by atoms with Gasteiger partial charge in [-0.15, -0.1) is 0 Å². The Morgan fingerprint density at radius 1 is 1.31 bits per heavy atom. The van der Waals surface area contributed by atoms with E-state index in [0.717, 1.165) is 6.54 Å². The van der Waals surface area contributed by atoms with Crippen LogP contribution in [0.25, 0.3) is 0 Å². The summed E-state index contributed by atoms with van der Waals surface area (Å²) in [6, 6.07) is 12.0. The van der Waals surface area contributed by atoms with E-state index in [4.69, 9.17) is 0 Å². The van der Waals surface area contributed by atoms with E-state index in [1.54, 1.807) is 0 Å². The molecule has 1 N–H and O–H groups in total. The fraction of sp³-hybridized carbons (Fsp3) is 0.571. The lowest BCUT2D eigenvalue weighted by molar-refractivity contribution is 0.317. The first-order chi connectivity index (χ1) is 7.74. The molecular weight excluding hydrogens is 196 g/mol. The van der Waals surface area contributed by atoms with Crippen molar-refractivity contribution >= 4 is 0 Å². The summed E-state index contributed by atoms with van der Waals surface area (Å²) in [7, 11) is 0. The molecule has 0 radical (unpaired) electrons. The lowest BCUT2D eigenvalue weighted by Crippen LogP contribution is -2.36. The molecule has 2 rings (SSSR count). The van der Waals surface area contributed by atoms with E-state index in [2.05, 4.69) is 54.4 Å². The smallest absolute Gasteiger partial charge is 0.0234 e. The van der Waals surface area contributed by atoms with E-state index in [0.29, 0.717) is 12.1 Å². The molecule has 0 bridgehead atoms. The van der Waals surface area contributed by atoms with Crippen LogP contribution in [0.2, 0.25) is 0 Å². The van der Waals surface area contributed by atoms with Crippen LogP contribution in [0.5, 0.6) is 0 Å². The molecule has 0 spiro atoms. The summed E-state index contributed by atoms with van der Waals surface area (Å²) >= 11 is 0. The molecule has 1 unspecified atom stereocenters. The highest BCUT2D eigenvalue weighted by Gasteiger charge is 2.22. The maximum atomic E-state index is 3.62.